The van der Waals surface area contributed by atoms with Crippen LogP contribution in [0.15, 0.2) is 36.4 Å². The summed E-state index contributed by atoms with van der Waals surface area (Å²) in [5, 5.41) is 2.02. The van der Waals surface area contributed by atoms with Crippen molar-refractivity contribution in [2.24, 2.45) is 0 Å². The van der Waals surface area contributed by atoms with Crippen LogP contribution in [0.1, 0.15) is 27.1 Å². The van der Waals surface area contributed by atoms with E-state index in [0.717, 1.165) is 23.7 Å². The van der Waals surface area contributed by atoms with Crippen molar-refractivity contribution >= 4 is 39.1 Å². The second-order valence-electron chi connectivity index (χ2n) is 9.14. The van der Waals surface area contributed by atoms with E-state index in [0.29, 0.717) is 17.7 Å². The topological polar surface area (TPSA) is 40.6 Å². The molecule has 1 saturated heterocycles. The minimum atomic E-state index is -1.31. The fraction of sp³-hybridized carbons (Fsp3) is 0.429. The number of nitrogens with zero attached hydrogens (tertiary/aromatic N) is 2. The lowest BCUT2D eigenvalue weighted by Gasteiger charge is -2.39. The summed E-state index contributed by atoms with van der Waals surface area (Å²) in [6.07, 6.45) is 0.873. The molecule has 6 heteroatoms. The fourth-order valence-electron chi connectivity index (χ4n) is 4.87. The molecule has 0 radical (unpaired) electrons. The zero-order valence-electron chi connectivity index (χ0n) is 16.7. The van der Waals surface area contributed by atoms with Gasteiger partial charge in [0, 0.05) is 6.54 Å². The Labute approximate surface area is 163 Å². The van der Waals surface area contributed by atoms with Crippen LogP contribution in [0.2, 0.25) is 38.3 Å². The molecular formula is C21H28N2O2Si2. The van der Waals surface area contributed by atoms with Crippen LogP contribution in [0, 0.1) is 0 Å². The van der Waals surface area contributed by atoms with Gasteiger partial charge >= 0.3 is 0 Å². The van der Waals surface area contributed by atoms with Gasteiger partial charge in [0.1, 0.15) is 16.5 Å². The number of amides is 2. The van der Waals surface area contributed by atoms with Gasteiger partial charge in [-0.3, -0.25) is 14.5 Å². The molecule has 4 rings (SSSR count). The number of carbonyl (C=O) groups excluding carboxylic acids is 2. The molecule has 2 aromatic rings. The highest BCUT2D eigenvalue weighted by atomic mass is 28.4. The van der Waals surface area contributed by atoms with Gasteiger partial charge in [0.2, 0.25) is 0 Å². The van der Waals surface area contributed by atoms with Crippen molar-refractivity contribution in [2.45, 2.75) is 44.7 Å². The van der Waals surface area contributed by atoms with Crippen molar-refractivity contribution in [3.63, 3.8) is 0 Å². The molecule has 0 atom stereocenters. The average molecular weight is 397 g/mol. The molecule has 0 aromatic heterocycles. The largest absolute Gasteiger partial charge is 0.345 e. The maximum atomic E-state index is 12.8. The molecule has 4 nitrogen and oxygen atoms in total. The molecular weight excluding hydrogens is 368 g/mol. The molecule has 2 aliphatic heterocycles. The van der Waals surface area contributed by atoms with Gasteiger partial charge in [-0.25, -0.2) is 0 Å². The number of hydrogen-bond donors (Lipinski definition) is 0. The van der Waals surface area contributed by atoms with E-state index in [1.807, 2.05) is 36.4 Å². The van der Waals surface area contributed by atoms with E-state index in [4.69, 9.17) is 0 Å². The molecule has 1 fully saturated rings. The summed E-state index contributed by atoms with van der Waals surface area (Å²) >= 11 is 0. The van der Waals surface area contributed by atoms with Gasteiger partial charge in [-0.2, -0.15) is 0 Å². The summed E-state index contributed by atoms with van der Waals surface area (Å²) in [6.45, 7) is 11.4. The number of imide groups is 1. The molecule has 0 aliphatic carbocycles. The fourth-order valence-corrected chi connectivity index (χ4v) is 19.1. The van der Waals surface area contributed by atoms with Crippen molar-refractivity contribution in [1.29, 1.82) is 0 Å². The Morgan fingerprint density at radius 2 is 1.30 bits per heavy atom. The second-order valence-corrected chi connectivity index (χ2v) is 18.9. The highest BCUT2D eigenvalue weighted by Gasteiger charge is 2.46. The first-order chi connectivity index (χ1) is 12.7. The maximum absolute atomic E-state index is 12.8. The van der Waals surface area contributed by atoms with Gasteiger partial charge < -0.3 is 4.23 Å². The summed E-state index contributed by atoms with van der Waals surface area (Å²) in [6, 6.07) is 14.4. The zero-order valence-corrected chi connectivity index (χ0v) is 18.7. The first-order valence-electron chi connectivity index (χ1n) is 9.87. The first kappa shape index (κ1) is 18.6. The third kappa shape index (κ3) is 3.09. The van der Waals surface area contributed by atoms with Gasteiger partial charge in [-0.05, 0) is 48.0 Å². The molecule has 0 unspecified atom stereocenters. The third-order valence-corrected chi connectivity index (χ3v) is 16.9. The SMILES string of the molecule is C[Si]1(C)CC[Si](C)(C)N1CCCN1C(=O)c2cc3ccccc3cc2C1=O. The molecule has 2 heterocycles. The zero-order chi connectivity index (χ0) is 19.4. The van der Waals surface area contributed by atoms with Crippen LogP contribution in [-0.2, 0) is 0 Å². The Morgan fingerprint density at radius 1 is 0.815 bits per heavy atom. The van der Waals surface area contributed by atoms with Gasteiger partial charge in [0.15, 0.2) is 0 Å². The van der Waals surface area contributed by atoms with Gasteiger partial charge in [-0.1, -0.05) is 50.5 Å². The van der Waals surface area contributed by atoms with Crippen molar-refractivity contribution < 1.29 is 9.59 Å². The van der Waals surface area contributed by atoms with E-state index in [2.05, 4.69) is 30.4 Å². The lowest BCUT2D eigenvalue weighted by atomic mass is 10.0. The van der Waals surface area contributed by atoms with Crippen LogP contribution in [-0.4, -0.2) is 50.5 Å². The van der Waals surface area contributed by atoms with Gasteiger partial charge in [0.25, 0.3) is 11.8 Å². The molecule has 0 saturated carbocycles. The highest BCUT2D eigenvalue weighted by molar-refractivity contribution is 6.95. The standard InChI is InChI=1S/C21H28N2O2Si2/c1-26(2)12-13-27(3,4)23(26)11-7-10-22-20(24)18-14-16-8-5-6-9-17(16)15-19(18)21(22)25/h5-6,8-9,14-15H,7,10-13H2,1-4H3. The number of rotatable bonds is 4. The molecule has 0 bridgehead atoms. The van der Waals surface area contributed by atoms with E-state index >= 15 is 0 Å². The predicted octanol–water partition coefficient (Wildman–Crippen LogP) is 4.55. The van der Waals surface area contributed by atoms with E-state index in [-0.39, 0.29) is 11.8 Å². The van der Waals surface area contributed by atoms with Crippen molar-refractivity contribution in [3.05, 3.63) is 47.5 Å². The van der Waals surface area contributed by atoms with Crippen LogP contribution in [0.25, 0.3) is 10.8 Å². The summed E-state index contributed by atoms with van der Waals surface area (Å²) in [4.78, 5) is 27.1. The van der Waals surface area contributed by atoms with Crippen LogP contribution >= 0.6 is 0 Å². The number of carbonyl (C=O) groups is 2. The second kappa shape index (κ2) is 6.39. The monoisotopic (exact) mass is 396 g/mol. The lowest BCUT2D eigenvalue weighted by Crippen LogP contribution is -2.55. The molecule has 2 aliphatic rings. The minimum Gasteiger partial charge on any atom is -0.345 e. The summed E-state index contributed by atoms with van der Waals surface area (Å²) in [5.74, 6) is -0.259. The number of benzene rings is 2. The minimum absolute atomic E-state index is 0.129. The smallest absolute Gasteiger partial charge is 0.261 e. The van der Waals surface area contributed by atoms with E-state index in [1.165, 1.54) is 17.0 Å². The first-order valence-corrected chi connectivity index (χ1v) is 16.2. The third-order valence-electron chi connectivity index (χ3n) is 6.41. The predicted molar refractivity (Wildman–Crippen MR) is 115 cm³/mol. The maximum Gasteiger partial charge on any atom is 0.261 e. The van der Waals surface area contributed by atoms with Crippen LogP contribution in [0.5, 0.6) is 0 Å². The number of hydrogen-bond acceptors (Lipinski definition) is 3. The quantitative estimate of drug-likeness (QED) is 0.562. The summed E-state index contributed by atoms with van der Waals surface area (Å²) in [7, 11) is -2.61. The van der Waals surface area contributed by atoms with Crippen molar-refractivity contribution in [1.82, 2.24) is 9.13 Å². The molecule has 0 N–H and O–H groups in total. The highest BCUT2D eigenvalue weighted by Crippen LogP contribution is 2.37. The normalized spacial score (nSPS) is 21.3. The van der Waals surface area contributed by atoms with Crippen LogP contribution < -0.4 is 0 Å². The molecule has 27 heavy (non-hydrogen) atoms. The van der Waals surface area contributed by atoms with Crippen molar-refractivity contribution in [2.75, 3.05) is 13.1 Å². The van der Waals surface area contributed by atoms with Crippen molar-refractivity contribution in [3.8, 4) is 0 Å². The summed E-state index contributed by atoms with van der Waals surface area (Å²) in [5.41, 5.74) is 1.12. The number of fused-ring (bicyclic) bond motifs is 2. The van der Waals surface area contributed by atoms with Crippen LogP contribution in [0.3, 0.4) is 0 Å². The van der Waals surface area contributed by atoms with E-state index < -0.39 is 16.5 Å². The van der Waals surface area contributed by atoms with E-state index in [9.17, 15) is 9.59 Å². The molecule has 2 aromatic carbocycles. The molecule has 0 spiro atoms. The Morgan fingerprint density at radius 3 is 1.78 bits per heavy atom. The van der Waals surface area contributed by atoms with Gasteiger partial charge in [0.05, 0.1) is 11.1 Å². The Bertz CT molecular complexity index is 868. The van der Waals surface area contributed by atoms with Crippen LogP contribution in [0.4, 0.5) is 0 Å². The summed E-state index contributed by atoms with van der Waals surface area (Å²) < 4.78 is 2.81. The molecule has 2 amide bonds. The Balaban J connectivity index is 1.50. The van der Waals surface area contributed by atoms with Gasteiger partial charge in [-0.15, -0.1) is 0 Å². The Kier molecular flexibility index (Phi) is 4.40. The van der Waals surface area contributed by atoms with E-state index in [1.54, 1.807) is 0 Å². The Hall–Kier alpha value is -1.77. The average Bonchev–Trinajstić information content (AvgIpc) is 2.98. The molecule has 142 valence electrons. The lowest BCUT2D eigenvalue weighted by molar-refractivity contribution is 0.0652.